The maximum Gasteiger partial charge on any atom is 0.345 e. The van der Waals surface area contributed by atoms with Crippen LogP contribution in [-0.4, -0.2) is 23.7 Å². The standard InChI is InChI=1S/C4H3NO2.C3H5NO/c1-3(2-5)4(6)7;1-2-4-3-5/h1H2,(H,6,7);2H2,1H3. The Bertz CT molecular complexity index is 246. The van der Waals surface area contributed by atoms with Crippen molar-refractivity contribution in [2.75, 3.05) is 6.54 Å². The first-order valence-electron chi connectivity index (χ1n) is 2.96. The summed E-state index contributed by atoms with van der Waals surface area (Å²) in [7, 11) is 0. The lowest BCUT2D eigenvalue weighted by molar-refractivity contribution is -0.132. The van der Waals surface area contributed by atoms with Crippen molar-refractivity contribution in [2.24, 2.45) is 4.99 Å². The number of aliphatic carboxylic acids is 1. The Kier molecular flexibility index (Phi) is 9.63. The molecule has 0 aliphatic carbocycles. The van der Waals surface area contributed by atoms with Gasteiger partial charge in [-0.1, -0.05) is 6.58 Å². The Labute approximate surface area is 69.7 Å². The van der Waals surface area contributed by atoms with E-state index >= 15 is 0 Å². The van der Waals surface area contributed by atoms with Gasteiger partial charge in [0.05, 0.1) is 0 Å². The molecular formula is C7H8N2O3. The molecule has 0 unspecified atom stereocenters. The third-order valence-corrected chi connectivity index (χ3v) is 0.616. The maximum atomic E-state index is 9.61. The van der Waals surface area contributed by atoms with Gasteiger partial charge in [-0.05, 0) is 6.92 Å². The fourth-order valence-corrected chi connectivity index (χ4v) is 0.112. The average Bonchev–Trinajstić information content (AvgIpc) is 2.05. The van der Waals surface area contributed by atoms with E-state index in [9.17, 15) is 4.79 Å². The van der Waals surface area contributed by atoms with Gasteiger partial charge in [-0.3, -0.25) is 0 Å². The molecule has 0 aromatic carbocycles. The van der Waals surface area contributed by atoms with Gasteiger partial charge >= 0.3 is 5.97 Å². The van der Waals surface area contributed by atoms with Crippen LogP contribution in [0.3, 0.4) is 0 Å². The smallest absolute Gasteiger partial charge is 0.345 e. The molecule has 64 valence electrons. The van der Waals surface area contributed by atoms with Crippen LogP contribution in [0.1, 0.15) is 6.92 Å². The number of carboxylic acid groups (broad SMARTS) is 1. The van der Waals surface area contributed by atoms with Crippen molar-refractivity contribution in [2.45, 2.75) is 6.92 Å². The van der Waals surface area contributed by atoms with E-state index in [4.69, 9.17) is 15.2 Å². The monoisotopic (exact) mass is 168 g/mol. The van der Waals surface area contributed by atoms with Crippen molar-refractivity contribution in [3.8, 4) is 6.07 Å². The van der Waals surface area contributed by atoms with Crippen molar-refractivity contribution >= 4 is 12.0 Å². The molecule has 0 aliphatic rings. The van der Waals surface area contributed by atoms with Gasteiger partial charge < -0.3 is 5.11 Å². The molecule has 0 aromatic rings. The topological polar surface area (TPSA) is 90.5 Å². The Morgan fingerprint density at radius 3 is 2.25 bits per heavy atom. The number of isocyanates is 1. The molecule has 0 amide bonds. The number of carbonyl (C=O) groups excluding carboxylic acids is 1. The van der Waals surface area contributed by atoms with Gasteiger partial charge in [-0.15, -0.1) is 0 Å². The lowest BCUT2D eigenvalue weighted by Crippen LogP contribution is -1.94. The Morgan fingerprint density at radius 2 is 2.25 bits per heavy atom. The first-order chi connectivity index (χ1) is 5.59. The first-order valence-corrected chi connectivity index (χ1v) is 2.96. The van der Waals surface area contributed by atoms with E-state index in [1.165, 1.54) is 12.1 Å². The van der Waals surface area contributed by atoms with Crippen LogP contribution < -0.4 is 0 Å². The van der Waals surface area contributed by atoms with Crippen LogP contribution in [0, 0.1) is 11.3 Å². The van der Waals surface area contributed by atoms with Crippen LogP contribution in [0.25, 0.3) is 0 Å². The van der Waals surface area contributed by atoms with Gasteiger partial charge in [0.25, 0.3) is 0 Å². The zero-order valence-electron chi connectivity index (χ0n) is 6.57. The summed E-state index contributed by atoms with van der Waals surface area (Å²) >= 11 is 0. The molecule has 0 fully saturated rings. The molecule has 1 N–H and O–H groups in total. The summed E-state index contributed by atoms with van der Waals surface area (Å²) in [5, 5.41) is 15.6. The highest BCUT2D eigenvalue weighted by Gasteiger charge is 1.97. The minimum Gasteiger partial charge on any atom is -0.477 e. The molecular weight excluding hydrogens is 160 g/mol. The fourth-order valence-electron chi connectivity index (χ4n) is 0.112. The molecule has 0 spiro atoms. The largest absolute Gasteiger partial charge is 0.477 e. The number of carbonyl (C=O) groups is 1. The fraction of sp³-hybridized carbons (Fsp3) is 0.286. The maximum absolute atomic E-state index is 9.61. The van der Waals surface area contributed by atoms with E-state index in [0.29, 0.717) is 6.54 Å². The summed E-state index contributed by atoms with van der Waals surface area (Å²) in [5.41, 5.74) is -0.431. The molecule has 0 heterocycles. The zero-order valence-corrected chi connectivity index (χ0v) is 6.57. The minimum absolute atomic E-state index is 0.431. The normalized spacial score (nSPS) is 6.33. The van der Waals surface area contributed by atoms with Gasteiger partial charge in [0.2, 0.25) is 6.08 Å². The minimum atomic E-state index is -1.26. The second-order valence-electron chi connectivity index (χ2n) is 1.46. The Hall–Kier alpha value is -1.92. The second-order valence-corrected chi connectivity index (χ2v) is 1.46. The third-order valence-electron chi connectivity index (χ3n) is 0.616. The lowest BCUT2D eigenvalue weighted by Gasteiger charge is -1.76. The highest BCUT2D eigenvalue weighted by Crippen LogP contribution is 1.81. The molecule has 5 nitrogen and oxygen atoms in total. The molecule has 5 heteroatoms. The van der Waals surface area contributed by atoms with Gasteiger partial charge in [0.15, 0.2) is 0 Å². The summed E-state index contributed by atoms with van der Waals surface area (Å²) in [6.07, 6.45) is 1.39. The molecule has 0 bridgehead atoms. The SMILES string of the molecule is C=C(C#N)C(=O)O.CCN=C=O. The van der Waals surface area contributed by atoms with Crippen molar-refractivity contribution in [1.29, 1.82) is 5.26 Å². The average molecular weight is 168 g/mol. The molecule has 0 rings (SSSR count). The van der Waals surface area contributed by atoms with Crippen molar-refractivity contribution in [3.63, 3.8) is 0 Å². The molecule has 12 heavy (non-hydrogen) atoms. The zero-order chi connectivity index (χ0) is 9.98. The number of aliphatic imine (C=N–C) groups is 1. The lowest BCUT2D eigenvalue weighted by atomic mass is 10.4. The van der Waals surface area contributed by atoms with Crippen LogP contribution in [0.5, 0.6) is 0 Å². The Morgan fingerprint density at radius 1 is 1.75 bits per heavy atom. The quantitative estimate of drug-likeness (QED) is 0.281. The van der Waals surface area contributed by atoms with Crippen LogP contribution in [0.4, 0.5) is 0 Å². The highest BCUT2D eigenvalue weighted by molar-refractivity contribution is 5.90. The van der Waals surface area contributed by atoms with Crippen molar-refractivity contribution < 1.29 is 14.7 Å². The number of carboxylic acids is 1. The molecule has 0 saturated heterocycles. The van der Waals surface area contributed by atoms with Gasteiger partial charge in [-0.2, -0.15) is 5.26 Å². The van der Waals surface area contributed by atoms with E-state index < -0.39 is 11.5 Å². The van der Waals surface area contributed by atoms with E-state index in [0.717, 1.165) is 0 Å². The first kappa shape index (κ1) is 12.7. The van der Waals surface area contributed by atoms with E-state index in [2.05, 4.69) is 11.6 Å². The number of hydrogen-bond acceptors (Lipinski definition) is 4. The molecule has 0 aliphatic heterocycles. The van der Waals surface area contributed by atoms with E-state index in [1.807, 2.05) is 0 Å². The second kappa shape index (κ2) is 9.08. The van der Waals surface area contributed by atoms with Crippen LogP contribution >= 0.6 is 0 Å². The Balaban J connectivity index is 0. The van der Waals surface area contributed by atoms with E-state index in [1.54, 1.807) is 6.92 Å². The van der Waals surface area contributed by atoms with Gasteiger partial charge in [0.1, 0.15) is 11.6 Å². The van der Waals surface area contributed by atoms with E-state index in [-0.39, 0.29) is 0 Å². The van der Waals surface area contributed by atoms with Crippen LogP contribution in [0.2, 0.25) is 0 Å². The third kappa shape index (κ3) is 11.0. The summed E-state index contributed by atoms with van der Waals surface area (Å²) in [5.74, 6) is -1.26. The van der Waals surface area contributed by atoms with Crippen molar-refractivity contribution in [3.05, 3.63) is 12.2 Å². The number of hydrogen-bond donors (Lipinski definition) is 1. The molecule has 0 aromatic heterocycles. The van der Waals surface area contributed by atoms with Crippen LogP contribution in [0.15, 0.2) is 17.1 Å². The molecule has 0 radical (unpaired) electrons. The summed E-state index contributed by atoms with van der Waals surface area (Å²) in [6.45, 7) is 5.24. The summed E-state index contributed by atoms with van der Waals surface area (Å²) in [4.78, 5) is 21.9. The predicted molar refractivity (Wildman–Crippen MR) is 41.1 cm³/mol. The molecule has 0 atom stereocenters. The number of rotatable bonds is 2. The van der Waals surface area contributed by atoms with Gasteiger partial charge in [0, 0.05) is 6.54 Å². The predicted octanol–water partition coefficient (Wildman–Crippen LogP) is 0.493. The highest BCUT2D eigenvalue weighted by atomic mass is 16.4. The summed E-state index contributed by atoms with van der Waals surface area (Å²) in [6, 6.07) is 1.37. The van der Waals surface area contributed by atoms with Crippen molar-refractivity contribution in [1.82, 2.24) is 0 Å². The number of nitriles is 1. The molecule has 0 saturated carbocycles. The summed E-state index contributed by atoms with van der Waals surface area (Å²) < 4.78 is 0. The number of nitrogens with zero attached hydrogens (tertiary/aromatic N) is 2. The van der Waals surface area contributed by atoms with Gasteiger partial charge in [-0.25, -0.2) is 14.6 Å². The van der Waals surface area contributed by atoms with Crippen LogP contribution in [-0.2, 0) is 9.59 Å².